The van der Waals surface area contributed by atoms with Crippen LogP contribution in [0.2, 0.25) is 0 Å². The Balaban J connectivity index is 2.17. The number of aliphatic imine (C=N–C) groups is 1. The summed E-state index contributed by atoms with van der Waals surface area (Å²) in [5.41, 5.74) is 0. The number of carbonyl (C=O) groups is 1. The topological polar surface area (TPSA) is 41.5 Å². The first-order valence-corrected chi connectivity index (χ1v) is 3.54. The fraction of sp³-hybridized carbons (Fsp3) is 0.667. The highest BCUT2D eigenvalue weighted by Crippen LogP contribution is 2.22. The van der Waals surface area contributed by atoms with E-state index in [1.807, 2.05) is 0 Å². The van der Waals surface area contributed by atoms with Crippen LogP contribution < -0.4 is 5.32 Å². The summed E-state index contributed by atoms with van der Waals surface area (Å²) in [6, 6.07) is 0.615. The molecule has 1 aliphatic rings. The maximum atomic E-state index is 9.89. The zero-order valence-electron chi connectivity index (χ0n) is 5.41. The van der Waals surface area contributed by atoms with Gasteiger partial charge >= 0.3 is 0 Å². The highest BCUT2D eigenvalue weighted by atomic mass is 32.1. The van der Waals surface area contributed by atoms with E-state index >= 15 is 0 Å². The maximum Gasteiger partial charge on any atom is 0.207 e. The molecule has 0 saturated heterocycles. The number of hydrogen-bond donors (Lipinski definition) is 1. The van der Waals surface area contributed by atoms with Gasteiger partial charge in [-0.1, -0.05) is 0 Å². The van der Waals surface area contributed by atoms with Crippen LogP contribution in [0.25, 0.3) is 0 Å². The summed E-state index contributed by atoms with van der Waals surface area (Å²) in [7, 11) is 0. The Hall–Kier alpha value is -0.730. The van der Waals surface area contributed by atoms with Crippen molar-refractivity contribution in [3.05, 3.63) is 0 Å². The molecule has 1 aliphatic carbocycles. The molecular weight excluding hydrogens is 148 g/mol. The second kappa shape index (κ2) is 3.44. The molecule has 1 N–H and O–H groups in total. The van der Waals surface area contributed by atoms with Crippen LogP contribution in [0.4, 0.5) is 0 Å². The molecule has 0 heterocycles. The predicted molar refractivity (Wildman–Crippen MR) is 41.0 cm³/mol. The summed E-state index contributed by atoms with van der Waals surface area (Å²) < 4.78 is 0. The SMILES string of the molecule is O=CNC1CC(N=C=S)C1. The molecule has 4 heteroatoms. The van der Waals surface area contributed by atoms with Gasteiger partial charge in [0.25, 0.3) is 0 Å². The molecule has 1 fully saturated rings. The third-order valence-corrected chi connectivity index (χ3v) is 1.76. The zero-order valence-corrected chi connectivity index (χ0v) is 6.23. The third kappa shape index (κ3) is 1.62. The van der Waals surface area contributed by atoms with Crippen molar-refractivity contribution in [1.82, 2.24) is 5.32 Å². The number of nitrogens with one attached hydrogen (secondary N) is 1. The molecule has 3 nitrogen and oxygen atoms in total. The van der Waals surface area contributed by atoms with Crippen molar-refractivity contribution < 1.29 is 4.79 Å². The smallest absolute Gasteiger partial charge is 0.207 e. The lowest BCUT2D eigenvalue weighted by atomic mass is 9.88. The van der Waals surface area contributed by atoms with E-state index in [-0.39, 0.29) is 0 Å². The van der Waals surface area contributed by atoms with Gasteiger partial charge in [-0.15, -0.1) is 0 Å². The number of thiocarbonyl (C=S) groups is 1. The van der Waals surface area contributed by atoms with Crippen LogP contribution in [0.1, 0.15) is 12.8 Å². The van der Waals surface area contributed by atoms with Crippen LogP contribution in [-0.4, -0.2) is 23.7 Å². The van der Waals surface area contributed by atoms with Gasteiger partial charge in [-0.05, 0) is 25.1 Å². The van der Waals surface area contributed by atoms with Gasteiger partial charge in [-0.3, -0.25) is 4.79 Å². The molecule has 10 heavy (non-hydrogen) atoms. The predicted octanol–water partition coefficient (Wildman–Crippen LogP) is 0.366. The van der Waals surface area contributed by atoms with Gasteiger partial charge in [-0.2, -0.15) is 0 Å². The molecule has 0 radical (unpaired) electrons. The quantitative estimate of drug-likeness (QED) is 0.364. The summed E-state index contributed by atoms with van der Waals surface area (Å²) in [6.07, 6.45) is 2.53. The Bertz CT molecular complexity index is 171. The monoisotopic (exact) mass is 156 g/mol. The van der Waals surface area contributed by atoms with Crippen molar-refractivity contribution in [2.24, 2.45) is 4.99 Å². The van der Waals surface area contributed by atoms with Gasteiger partial charge in [0.2, 0.25) is 6.41 Å². The van der Waals surface area contributed by atoms with E-state index in [2.05, 4.69) is 27.7 Å². The lowest BCUT2D eigenvalue weighted by Crippen LogP contribution is -2.42. The first-order valence-electron chi connectivity index (χ1n) is 3.13. The van der Waals surface area contributed by atoms with Gasteiger partial charge in [0.05, 0.1) is 11.2 Å². The van der Waals surface area contributed by atoms with Crippen molar-refractivity contribution in [3.63, 3.8) is 0 Å². The Kier molecular flexibility index (Phi) is 2.54. The van der Waals surface area contributed by atoms with Crippen molar-refractivity contribution in [3.8, 4) is 0 Å². The molecule has 54 valence electrons. The maximum absolute atomic E-state index is 9.89. The second-order valence-corrected chi connectivity index (χ2v) is 2.51. The Labute approximate surface area is 64.5 Å². The Morgan fingerprint density at radius 1 is 1.70 bits per heavy atom. The first-order chi connectivity index (χ1) is 4.86. The molecule has 1 rings (SSSR count). The van der Waals surface area contributed by atoms with Crippen molar-refractivity contribution in [2.45, 2.75) is 24.9 Å². The van der Waals surface area contributed by atoms with Crippen LogP contribution in [0, 0.1) is 0 Å². The summed E-state index contributed by atoms with van der Waals surface area (Å²) in [6.45, 7) is 0. The van der Waals surface area contributed by atoms with E-state index in [0.29, 0.717) is 12.1 Å². The Morgan fingerprint density at radius 3 is 2.90 bits per heavy atom. The molecule has 1 amide bonds. The average Bonchev–Trinajstić information content (AvgIpc) is 1.84. The van der Waals surface area contributed by atoms with E-state index in [1.54, 1.807) is 0 Å². The average molecular weight is 156 g/mol. The minimum atomic E-state index is 0.301. The number of rotatable bonds is 3. The lowest BCUT2D eigenvalue weighted by Gasteiger charge is -2.30. The first kappa shape index (κ1) is 7.38. The number of nitrogens with zero attached hydrogens (tertiary/aromatic N) is 1. The van der Waals surface area contributed by atoms with Gasteiger partial charge in [-0.25, -0.2) is 4.99 Å². The van der Waals surface area contributed by atoms with Crippen LogP contribution in [0.5, 0.6) is 0 Å². The van der Waals surface area contributed by atoms with E-state index in [9.17, 15) is 4.79 Å². The summed E-state index contributed by atoms with van der Waals surface area (Å²) >= 11 is 4.43. The number of amides is 1. The summed E-state index contributed by atoms with van der Waals surface area (Å²) in [4.78, 5) is 13.8. The summed E-state index contributed by atoms with van der Waals surface area (Å²) in [5, 5.41) is 4.99. The third-order valence-electron chi connectivity index (χ3n) is 1.65. The highest BCUT2D eigenvalue weighted by molar-refractivity contribution is 7.78. The molecule has 0 atom stereocenters. The number of carbonyl (C=O) groups excluding carboxylic acids is 1. The molecule has 0 unspecified atom stereocenters. The van der Waals surface area contributed by atoms with Crippen LogP contribution >= 0.6 is 12.2 Å². The minimum Gasteiger partial charge on any atom is -0.356 e. The van der Waals surface area contributed by atoms with Gasteiger partial charge in [0, 0.05) is 6.04 Å². The molecule has 0 aromatic carbocycles. The van der Waals surface area contributed by atoms with Crippen molar-refractivity contribution >= 4 is 23.8 Å². The molecule has 1 saturated carbocycles. The lowest BCUT2D eigenvalue weighted by molar-refractivity contribution is -0.110. The zero-order chi connectivity index (χ0) is 7.40. The minimum absolute atomic E-state index is 0.301. The molecule has 0 aromatic rings. The van der Waals surface area contributed by atoms with Crippen LogP contribution in [0.3, 0.4) is 0 Å². The van der Waals surface area contributed by atoms with Gasteiger partial charge < -0.3 is 5.32 Å². The normalized spacial score (nSPS) is 29.6. The Morgan fingerprint density at radius 2 is 2.40 bits per heavy atom. The second-order valence-electron chi connectivity index (χ2n) is 2.33. The van der Waals surface area contributed by atoms with Crippen molar-refractivity contribution in [2.75, 3.05) is 0 Å². The standard InChI is InChI=1S/C6H8N2OS/c9-3-7-5-1-6(2-5)8-4-10/h3,5-6H,1-2H2,(H,7,9). The van der Waals surface area contributed by atoms with Gasteiger partial charge in [0.1, 0.15) is 0 Å². The van der Waals surface area contributed by atoms with E-state index in [1.165, 1.54) is 0 Å². The highest BCUT2D eigenvalue weighted by Gasteiger charge is 2.27. The molecule has 0 bridgehead atoms. The van der Waals surface area contributed by atoms with Crippen molar-refractivity contribution in [1.29, 1.82) is 0 Å². The summed E-state index contributed by atoms with van der Waals surface area (Å²) in [5.74, 6) is 0. The van der Waals surface area contributed by atoms with Gasteiger partial charge in [0.15, 0.2) is 0 Å². The van der Waals surface area contributed by atoms with E-state index in [4.69, 9.17) is 0 Å². The van der Waals surface area contributed by atoms with E-state index < -0.39 is 0 Å². The number of isothiocyanates is 1. The molecule has 0 aromatic heterocycles. The molecule has 0 spiro atoms. The van der Waals surface area contributed by atoms with Crippen LogP contribution in [-0.2, 0) is 4.79 Å². The number of hydrogen-bond acceptors (Lipinski definition) is 3. The van der Waals surface area contributed by atoms with Crippen LogP contribution in [0.15, 0.2) is 4.99 Å². The largest absolute Gasteiger partial charge is 0.356 e. The molecular formula is C6H8N2OS. The van der Waals surface area contributed by atoms with E-state index in [0.717, 1.165) is 19.3 Å². The fourth-order valence-electron chi connectivity index (χ4n) is 1.00. The molecule has 0 aliphatic heterocycles. The fourth-order valence-corrected chi connectivity index (χ4v) is 1.15.